The molecule has 0 saturated carbocycles. The van der Waals surface area contributed by atoms with Crippen LogP contribution in [0.15, 0.2) is 24.3 Å². The van der Waals surface area contributed by atoms with E-state index in [2.05, 4.69) is 22.3 Å². The van der Waals surface area contributed by atoms with E-state index in [4.69, 9.17) is 0 Å². The van der Waals surface area contributed by atoms with Crippen LogP contribution >= 0.6 is 0 Å². The van der Waals surface area contributed by atoms with E-state index in [1.54, 1.807) is 6.07 Å². The average molecular weight is 300 g/mol. The summed E-state index contributed by atoms with van der Waals surface area (Å²) in [5, 5.41) is 6.01. The zero-order chi connectivity index (χ0) is 15.5. The average Bonchev–Trinajstić information content (AvgIpc) is 2.44. The second kappa shape index (κ2) is 10.2. The summed E-state index contributed by atoms with van der Waals surface area (Å²) in [6.07, 6.45) is -1.37. The summed E-state index contributed by atoms with van der Waals surface area (Å²) in [5.41, 5.74) is 1.78. The first-order chi connectivity index (χ1) is 10.1. The number of ether oxygens (including phenoxy) is 1. The van der Waals surface area contributed by atoms with Crippen LogP contribution in [-0.2, 0) is 16.1 Å². The number of carbonyl (C=O) groups is 1. The number of carbonyl (C=O) groups excluding carboxylic acids is 1. The van der Waals surface area contributed by atoms with Crippen molar-refractivity contribution in [2.75, 3.05) is 25.1 Å². The molecule has 1 aromatic carbocycles. The molecule has 118 valence electrons. The number of nitrogens with one attached hydrogen (secondary N) is 2. The first-order valence-corrected chi connectivity index (χ1v) is 7.07. The van der Waals surface area contributed by atoms with Gasteiger partial charge in [0, 0.05) is 12.2 Å². The van der Waals surface area contributed by atoms with E-state index in [9.17, 15) is 13.6 Å². The van der Waals surface area contributed by atoms with Crippen molar-refractivity contribution in [3.8, 4) is 0 Å². The number of hydrogen-bond donors (Lipinski definition) is 2. The minimum atomic E-state index is -2.50. The molecule has 4 nitrogen and oxygen atoms in total. The largest absolute Gasteiger partial charge is 0.375 e. The van der Waals surface area contributed by atoms with Crippen LogP contribution in [0.1, 0.15) is 25.3 Å². The fraction of sp³-hybridized carbons (Fsp3) is 0.533. The van der Waals surface area contributed by atoms with Crippen molar-refractivity contribution in [1.29, 1.82) is 0 Å². The molecule has 0 aromatic heterocycles. The summed E-state index contributed by atoms with van der Waals surface area (Å²) in [4.78, 5) is 11.6. The summed E-state index contributed by atoms with van der Waals surface area (Å²) < 4.78 is 28.4. The molecule has 0 unspecified atom stereocenters. The Hall–Kier alpha value is -1.53. The highest BCUT2D eigenvalue weighted by molar-refractivity contribution is 5.90. The zero-order valence-corrected chi connectivity index (χ0v) is 12.2. The smallest absolute Gasteiger partial charge is 0.261 e. The summed E-state index contributed by atoms with van der Waals surface area (Å²) in [7, 11) is 0. The number of rotatable bonds is 10. The molecule has 6 heteroatoms. The second-order valence-corrected chi connectivity index (χ2v) is 4.64. The van der Waals surface area contributed by atoms with E-state index >= 15 is 0 Å². The third-order valence-electron chi connectivity index (χ3n) is 2.68. The normalized spacial score (nSPS) is 10.9. The summed E-state index contributed by atoms with van der Waals surface area (Å²) in [6, 6.07) is 7.53. The zero-order valence-electron chi connectivity index (χ0n) is 12.2. The first-order valence-electron chi connectivity index (χ1n) is 7.07. The SMILES string of the molecule is CCCNCc1cccc(NC(=O)CCOCC(F)F)c1. The molecule has 0 saturated heterocycles. The molecule has 0 atom stereocenters. The second-order valence-electron chi connectivity index (χ2n) is 4.64. The molecular weight excluding hydrogens is 278 g/mol. The topological polar surface area (TPSA) is 50.4 Å². The van der Waals surface area contributed by atoms with Crippen LogP contribution in [0, 0.1) is 0 Å². The minimum Gasteiger partial charge on any atom is -0.375 e. The lowest BCUT2D eigenvalue weighted by molar-refractivity contribution is -0.117. The van der Waals surface area contributed by atoms with Crippen LogP contribution in [0.4, 0.5) is 14.5 Å². The molecule has 1 aromatic rings. The monoisotopic (exact) mass is 300 g/mol. The van der Waals surface area contributed by atoms with E-state index in [0.29, 0.717) is 5.69 Å². The van der Waals surface area contributed by atoms with Crippen molar-refractivity contribution in [3.63, 3.8) is 0 Å². The fourth-order valence-electron chi connectivity index (χ4n) is 1.73. The van der Waals surface area contributed by atoms with Crippen molar-refractivity contribution < 1.29 is 18.3 Å². The molecule has 0 aliphatic heterocycles. The van der Waals surface area contributed by atoms with Crippen LogP contribution in [0.25, 0.3) is 0 Å². The molecule has 0 heterocycles. The fourth-order valence-corrected chi connectivity index (χ4v) is 1.73. The van der Waals surface area contributed by atoms with Crippen molar-refractivity contribution in [3.05, 3.63) is 29.8 Å². The lowest BCUT2D eigenvalue weighted by atomic mass is 10.2. The molecule has 0 aliphatic carbocycles. The molecule has 21 heavy (non-hydrogen) atoms. The van der Waals surface area contributed by atoms with Crippen LogP contribution < -0.4 is 10.6 Å². The molecule has 0 fully saturated rings. The van der Waals surface area contributed by atoms with Crippen molar-refractivity contribution in [1.82, 2.24) is 5.32 Å². The Balaban J connectivity index is 2.32. The maximum absolute atomic E-state index is 11.8. The Labute approximate surface area is 123 Å². The van der Waals surface area contributed by atoms with Crippen LogP contribution in [0.5, 0.6) is 0 Å². The predicted molar refractivity (Wildman–Crippen MR) is 78.5 cm³/mol. The van der Waals surface area contributed by atoms with Gasteiger partial charge in [0.15, 0.2) is 0 Å². The Morgan fingerprint density at radius 1 is 1.38 bits per heavy atom. The standard InChI is InChI=1S/C15H22F2N2O2/c1-2-7-18-10-12-4-3-5-13(9-12)19-15(20)6-8-21-11-14(16)17/h3-5,9,14,18H,2,6-8,10-11H2,1H3,(H,19,20). The van der Waals surface area contributed by atoms with Gasteiger partial charge in [-0.05, 0) is 30.7 Å². The van der Waals surface area contributed by atoms with Gasteiger partial charge in [-0.3, -0.25) is 4.79 Å². The van der Waals surface area contributed by atoms with Gasteiger partial charge < -0.3 is 15.4 Å². The Morgan fingerprint density at radius 3 is 2.90 bits per heavy atom. The molecule has 0 spiro atoms. The maximum Gasteiger partial charge on any atom is 0.261 e. The van der Waals surface area contributed by atoms with E-state index in [1.807, 2.05) is 18.2 Å². The minimum absolute atomic E-state index is 0.00603. The Bertz CT molecular complexity index is 428. The lowest BCUT2D eigenvalue weighted by Crippen LogP contribution is -2.16. The van der Waals surface area contributed by atoms with Crippen molar-refractivity contribution in [2.45, 2.75) is 32.7 Å². The molecular formula is C15H22F2N2O2. The van der Waals surface area contributed by atoms with E-state index in [0.717, 1.165) is 25.1 Å². The van der Waals surface area contributed by atoms with Crippen LogP contribution in [0.2, 0.25) is 0 Å². The number of halogens is 2. The Morgan fingerprint density at radius 2 is 2.19 bits per heavy atom. The van der Waals surface area contributed by atoms with E-state index < -0.39 is 13.0 Å². The first kappa shape index (κ1) is 17.5. The number of benzene rings is 1. The van der Waals surface area contributed by atoms with Gasteiger partial charge in [0.05, 0.1) is 13.0 Å². The van der Waals surface area contributed by atoms with E-state index in [-0.39, 0.29) is 18.9 Å². The number of anilines is 1. The van der Waals surface area contributed by atoms with Gasteiger partial charge in [-0.2, -0.15) is 0 Å². The predicted octanol–water partition coefficient (Wildman–Crippen LogP) is 2.80. The summed E-state index contributed by atoms with van der Waals surface area (Å²) in [6.45, 7) is 3.15. The molecule has 0 radical (unpaired) electrons. The number of alkyl halides is 2. The van der Waals surface area contributed by atoms with Crippen LogP contribution in [-0.4, -0.2) is 32.1 Å². The molecule has 0 bridgehead atoms. The maximum atomic E-state index is 11.8. The molecule has 1 amide bonds. The highest BCUT2D eigenvalue weighted by Gasteiger charge is 2.05. The number of hydrogen-bond acceptors (Lipinski definition) is 3. The van der Waals surface area contributed by atoms with Gasteiger partial charge in [-0.25, -0.2) is 8.78 Å². The highest BCUT2D eigenvalue weighted by atomic mass is 19.3. The summed E-state index contributed by atoms with van der Waals surface area (Å²) >= 11 is 0. The molecule has 1 rings (SSSR count). The lowest BCUT2D eigenvalue weighted by Gasteiger charge is -2.08. The highest BCUT2D eigenvalue weighted by Crippen LogP contribution is 2.11. The van der Waals surface area contributed by atoms with Crippen molar-refractivity contribution >= 4 is 11.6 Å². The van der Waals surface area contributed by atoms with Gasteiger partial charge in [0.1, 0.15) is 6.61 Å². The van der Waals surface area contributed by atoms with Crippen molar-refractivity contribution in [2.24, 2.45) is 0 Å². The van der Waals surface area contributed by atoms with Gasteiger partial charge >= 0.3 is 0 Å². The third-order valence-corrected chi connectivity index (χ3v) is 2.68. The quantitative estimate of drug-likeness (QED) is 0.653. The number of amides is 1. The van der Waals surface area contributed by atoms with E-state index in [1.165, 1.54) is 0 Å². The van der Waals surface area contributed by atoms with Gasteiger partial charge in [0.25, 0.3) is 6.43 Å². The Kier molecular flexibility index (Phi) is 8.54. The van der Waals surface area contributed by atoms with Gasteiger partial charge in [-0.15, -0.1) is 0 Å². The van der Waals surface area contributed by atoms with Crippen LogP contribution in [0.3, 0.4) is 0 Å². The molecule has 2 N–H and O–H groups in total. The summed E-state index contributed by atoms with van der Waals surface area (Å²) in [5.74, 6) is -0.247. The molecule has 0 aliphatic rings. The van der Waals surface area contributed by atoms with Gasteiger partial charge in [0.2, 0.25) is 5.91 Å². The third kappa shape index (κ3) is 8.37. The van der Waals surface area contributed by atoms with Gasteiger partial charge in [-0.1, -0.05) is 19.1 Å².